The fourth-order valence-electron chi connectivity index (χ4n) is 1.67. The predicted octanol–water partition coefficient (Wildman–Crippen LogP) is 5.45. The maximum atomic E-state index is 13.6. The van der Waals surface area contributed by atoms with Gasteiger partial charge in [-0.05, 0) is 29.8 Å². The van der Waals surface area contributed by atoms with Gasteiger partial charge < -0.3 is 0 Å². The first kappa shape index (κ1) is 16.9. The molecule has 0 bridgehead atoms. The van der Waals surface area contributed by atoms with E-state index in [0.29, 0.717) is 15.0 Å². The maximum absolute atomic E-state index is 13.6. The highest BCUT2D eigenvalue weighted by Crippen LogP contribution is 2.22. The topological polar surface area (TPSA) is 17.1 Å². The Morgan fingerprint density at radius 2 is 1.80 bits per heavy atom. The first-order valence-corrected chi connectivity index (χ1v) is 7.67. The molecule has 0 heterocycles. The van der Waals surface area contributed by atoms with Crippen LogP contribution in [0.15, 0.2) is 55.6 Å². The Bertz CT molecular complexity index is 613. The lowest BCUT2D eigenvalue weighted by molar-refractivity contribution is 0.103. The smallest absolute Gasteiger partial charge is 0.196 e. The summed E-state index contributed by atoms with van der Waals surface area (Å²) in [5.41, 5.74) is 1.39. The molecule has 0 aliphatic heterocycles. The van der Waals surface area contributed by atoms with E-state index in [2.05, 4.69) is 35.7 Å². The van der Waals surface area contributed by atoms with E-state index in [1.54, 1.807) is 30.3 Å². The predicted molar refractivity (Wildman–Crippen MR) is 90.3 cm³/mol. The van der Waals surface area contributed by atoms with Crippen LogP contribution in [0.1, 0.15) is 21.5 Å². The molecule has 20 heavy (non-hydrogen) atoms. The van der Waals surface area contributed by atoms with E-state index in [9.17, 15) is 9.18 Å². The summed E-state index contributed by atoms with van der Waals surface area (Å²) in [6.45, 7) is 6.00. The van der Waals surface area contributed by atoms with Crippen molar-refractivity contribution in [2.75, 3.05) is 0 Å². The Morgan fingerprint density at radius 1 is 1.15 bits per heavy atom. The second-order valence-electron chi connectivity index (χ2n) is 3.74. The maximum Gasteiger partial charge on any atom is 0.196 e. The van der Waals surface area contributed by atoms with E-state index >= 15 is 0 Å². The van der Waals surface area contributed by atoms with Gasteiger partial charge >= 0.3 is 0 Å². The molecule has 0 spiro atoms. The molecule has 1 nitrogen and oxygen atoms in total. The van der Waals surface area contributed by atoms with E-state index in [0.717, 1.165) is 5.56 Å². The Hall–Kier alpha value is -1.20. The first-order valence-electron chi connectivity index (χ1n) is 5.77. The lowest BCUT2D eigenvalue weighted by atomic mass is 9.99. The van der Waals surface area contributed by atoms with Crippen LogP contribution >= 0.6 is 34.2 Å². The number of alkyl halides is 1. The van der Waals surface area contributed by atoms with Crippen LogP contribution in [-0.2, 0) is 4.43 Å². The Balaban J connectivity index is 0.000000956. The summed E-state index contributed by atoms with van der Waals surface area (Å²) in [5, 5.41) is 0.475. The summed E-state index contributed by atoms with van der Waals surface area (Å²) in [6, 6.07) is 11.1. The highest BCUT2D eigenvalue weighted by Gasteiger charge is 2.16. The van der Waals surface area contributed by atoms with Crippen LogP contribution in [0.25, 0.3) is 0 Å². The Kier molecular flexibility index (Phi) is 6.88. The van der Waals surface area contributed by atoms with Crippen molar-refractivity contribution in [3.8, 4) is 0 Å². The molecule has 0 radical (unpaired) electrons. The molecule has 104 valence electrons. The minimum atomic E-state index is -0.512. The molecule has 0 aliphatic carbocycles. The van der Waals surface area contributed by atoms with Gasteiger partial charge in [0.15, 0.2) is 5.78 Å². The molecule has 0 amide bonds. The van der Waals surface area contributed by atoms with Gasteiger partial charge in [0, 0.05) is 15.0 Å². The molecule has 0 N–H and O–H groups in total. The lowest BCUT2D eigenvalue weighted by Gasteiger charge is -2.07. The van der Waals surface area contributed by atoms with Crippen molar-refractivity contribution in [1.29, 1.82) is 0 Å². The van der Waals surface area contributed by atoms with Crippen molar-refractivity contribution in [2.24, 2.45) is 0 Å². The van der Waals surface area contributed by atoms with Crippen LogP contribution in [0, 0.1) is 5.82 Å². The number of benzene rings is 2. The molecule has 0 aliphatic rings. The molecule has 2 rings (SSSR count). The third kappa shape index (κ3) is 3.90. The fraction of sp³-hybridized carbons (Fsp3) is 0.0625. The summed E-state index contributed by atoms with van der Waals surface area (Å²) >= 11 is 8.06. The average molecular weight is 403 g/mol. The van der Waals surface area contributed by atoms with E-state index in [4.69, 9.17) is 11.6 Å². The van der Waals surface area contributed by atoms with Gasteiger partial charge in [0.25, 0.3) is 0 Å². The summed E-state index contributed by atoms with van der Waals surface area (Å²) in [4.78, 5) is 12.3. The van der Waals surface area contributed by atoms with Gasteiger partial charge in [0.2, 0.25) is 0 Å². The zero-order valence-electron chi connectivity index (χ0n) is 10.7. The highest BCUT2D eigenvalue weighted by molar-refractivity contribution is 14.1. The highest BCUT2D eigenvalue weighted by atomic mass is 127. The lowest BCUT2D eigenvalue weighted by Crippen LogP contribution is -2.07. The second-order valence-corrected chi connectivity index (χ2v) is 4.94. The second kappa shape index (κ2) is 8.17. The number of halogens is 3. The standard InChI is InChI=1S/C14H9ClFIO.C2H4/c15-10-6-5-9(8-17)12(7-10)14(18)11-3-1-2-4-13(11)16;1-2/h1-7H,8H2;1-2H2. The monoisotopic (exact) mass is 402 g/mol. The van der Waals surface area contributed by atoms with E-state index < -0.39 is 5.82 Å². The Morgan fingerprint density at radius 3 is 2.40 bits per heavy atom. The summed E-state index contributed by atoms with van der Waals surface area (Å²) in [5.74, 6) is -0.843. The van der Waals surface area contributed by atoms with Gasteiger partial charge in [-0.15, -0.1) is 13.2 Å². The van der Waals surface area contributed by atoms with Crippen molar-refractivity contribution in [3.63, 3.8) is 0 Å². The third-order valence-corrected chi connectivity index (χ3v) is 3.64. The van der Waals surface area contributed by atoms with Gasteiger partial charge in [0.05, 0.1) is 5.56 Å². The molecule has 0 fully saturated rings. The van der Waals surface area contributed by atoms with E-state index in [1.807, 2.05) is 0 Å². The first-order chi connectivity index (χ1) is 9.63. The van der Waals surface area contributed by atoms with Crippen LogP contribution in [0.2, 0.25) is 5.02 Å². The number of carbonyl (C=O) groups is 1. The number of rotatable bonds is 3. The van der Waals surface area contributed by atoms with Crippen molar-refractivity contribution in [2.45, 2.75) is 4.43 Å². The van der Waals surface area contributed by atoms with E-state index in [1.165, 1.54) is 12.1 Å². The zero-order chi connectivity index (χ0) is 15.1. The van der Waals surface area contributed by atoms with Crippen LogP contribution in [0.5, 0.6) is 0 Å². The number of hydrogen-bond acceptors (Lipinski definition) is 1. The molecule has 2 aromatic rings. The van der Waals surface area contributed by atoms with Crippen molar-refractivity contribution >= 4 is 40.0 Å². The van der Waals surface area contributed by atoms with Gasteiger partial charge in [-0.1, -0.05) is 52.4 Å². The molecule has 0 saturated carbocycles. The molecule has 0 saturated heterocycles. The molecule has 0 aromatic heterocycles. The SMILES string of the molecule is C=C.O=C(c1ccccc1F)c1cc(Cl)ccc1CI. The molecule has 0 atom stereocenters. The van der Waals surface area contributed by atoms with Crippen LogP contribution < -0.4 is 0 Å². The summed E-state index contributed by atoms with van der Waals surface area (Å²) in [6.07, 6.45) is 0. The van der Waals surface area contributed by atoms with Gasteiger partial charge in [-0.3, -0.25) is 4.79 Å². The minimum Gasteiger partial charge on any atom is -0.288 e. The van der Waals surface area contributed by atoms with Crippen molar-refractivity contribution in [3.05, 3.63) is 83.2 Å². The van der Waals surface area contributed by atoms with Crippen LogP contribution in [0.3, 0.4) is 0 Å². The molecule has 2 aromatic carbocycles. The quantitative estimate of drug-likeness (QED) is 0.289. The molecule has 0 unspecified atom stereocenters. The summed E-state index contributed by atoms with van der Waals surface area (Å²) in [7, 11) is 0. The zero-order valence-corrected chi connectivity index (χ0v) is 13.6. The van der Waals surface area contributed by atoms with Crippen LogP contribution in [0.4, 0.5) is 4.39 Å². The molecular formula is C16H13ClFIO. The number of ketones is 1. The summed E-state index contributed by atoms with van der Waals surface area (Å²) < 4.78 is 14.3. The normalized spacial score (nSPS) is 9.55. The average Bonchev–Trinajstić information content (AvgIpc) is 2.49. The van der Waals surface area contributed by atoms with Crippen molar-refractivity contribution < 1.29 is 9.18 Å². The third-order valence-electron chi connectivity index (χ3n) is 2.58. The fourth-order valence-corrected chi connectivity index (χ4v) is 2.50. The Labute approximate surface area is 136 Å². The van der Waals surface area contributed by atoms with E-state index in [-0.39, 0.29) is 11.3 Å². The van der Waals surface area contributed by atoms with Gasteiger partial charge in [0.1, 0.15) is 5.82 Å². The number of hydrogen-bond donors (Lipinski definition) is 0. The van der Waals surface area contributed by atoms with Gasteiger partial charge in [-0.25, -0.2) is 4.39 Å². The number of carbonyl (C=O) groups excluding carboxylic acids is 1. The van der Waals surface area contributed by atoms with Crippen molar-refractivity contribution in [1.82, 2.24) is 0 Å². The van der Waals surface area contributed by atoms with Crippen LogP contribution in [-0.4, -0.2) is 5.78 Å². The van der Waals surface area contributed by atoms with Gasteiger partial charge in [-0.2, -0.15) is 0 Å². The minimum absolute atomic E-state index is 0.0749. The largest absolute Gasteiger partial charge is 0.288 e. The molecule has 4 heteroatoms. The molecular weight excluding hydrogens is 390 g/mol.